The molecule has 5 nitrogen and oxygen atoms in total. The van der Waals surface area contributed by atoms with Gasteiger partial charge in [-0.05, 0) is 65.6 Å². The fraction of sp³-hybridized carbons (Fsp3) is 0.152. The van der Waals surface area contributed by atoms with Gasteiger partial charge in [-0.3, -0.25) is 14.5 Å². The summed E-state index contributed by atoms with van der Waals surface area (Å²) in [4.78, 5) is 32.8. The monoisotopic (exact) mass is 520 g/mol. The number of aromatic amines is 1. The zero-order valence-electron chi connectivity index (χ0n) is 21.6. The van der Waals surface area contributed by atoms with E-state index in [1.165, 1.54) is 12.1 Å². The molecule has 1 atom stereocenters. The largest absolute Gasteiger partial charge is 0.497 e. The molecule has 1 amide bonds. The van der Waals surface area contributed by atoms with E-state index in [-0.39, 0.29) is 24.5 Å². The van der Waals surface area contributed by atoms with Gasteiger partial charge in [0.05, 0.1) is 13.5 Å². The Hall–Kier alpha value is -4.71. The lowest BCUT2D eigenvalue weighted by Crippen LogP contribution is -2.40. The van der Waals surface area contributed by atoms with Gasteiger partial charge < -0.3 is 9.72 Å². The summed E-state index contributed by atoms with van der Waals surface area (Å²) in [6.07, 6.45) is 2.67. The van der Waals surface area contributed by atoms with E-state index in [9.17, 15) is 14.0 Å². The first kappa shape index (κ1) is 25.9. The third-order valence-corrected chi connectivity index (χ3v) is 6.89. The van der Waals surface area contributed by atoms with Crippen LogP contribution in [0.5, 0.6) is 5.75 Å². The van der Waals surface area contributed by atoms with Gasteiger partial charge >= 0.3 is 0 Å². The molecule has 0 bridgehead atoms. The van der Waals surface area contributed by atoms with Crippen LogP contribution in [0.3, 0.4) is 0 Å². The number of nitrogens with one attached hydrogen (secondary N) is 1. The number of ketones is 1. The molecule has 1 aromatic heterocycles. The van der Waals surface area contributed by atoms with Crippen LogP contribution in [0.25, 0.3) is 10.9 Å². The highest BCUT2D eigenvalue weighted by molar-refractivity contribution is 6.04. The van der Waals surface area contributed by atoms with Crippen LogP contribution in [0.1, 0.15) is 29.2 Å². The fourth-order valence-corrected chi connectivity index (χ4v) is 4.88. The maximum atomic E-state index is 14.1. The summed E-state index contributed by atoms with van der Waals surface area (Å²) in [5.74, 6) is -0.146. The number of ether oxygens (including phenoxy) is 1. The van der Waals surface area contributed by atoms with Crippen LogP contribution < -0.4 is 9.64 Å². The van der Waals surface area contributed by atoms with Crippen LogP contribution in [0.2, 0.25) is 0 Å². The zero-order chi connectivity index (χ0) is 27.2. The zero-order valence-corrected chi connectivity index (χ0v) is 21.6. The normalized spacial score (nSPS) is 11.7. The number of rotatable bonds is 10. The molecule has 5 rings (SSSR count). The van der Waals surface area contributed by atoms with Crippen molar-refractivity contribution in [2.75, 3.05) is 12.0 Å². The van der Waals surface area contributed by atoms with E-state index >= 15 is 0 Å². The number of carbonyl (C=O) groups excluding carboxylic acids is 2. The van der Waals surface area contributed by atoms with E-state index in [0.717, 1.165) is 22.0 Å². The number of hydrogen-bond donors (Lipinski definition) is 1. The molecule has 1 heterocycles. The van der Waals surface area contributed by atoms with E-state index < -0.39 is 11.9 Å². The van der Waals surface area contributed by atoms with Crippen molar-refractivity contribution in [1.29, 1.82) is 0 Å². The first-order valence-electron chi connectivity index (χ1n) is 12.9. The lowest BCUT2D eigenvalue weighted by atomic mass is 9.94. The number of fused-ring (bicyclic) bond motifs is 1. The second kappa shape index (κ2) is 11.8. The molecule has 196 valence electrons. The minimum absolute atomic E-state index is 0.0830. The summed E-state index contributed by atoms with van der Waals surface area (Å²) in [6, 6.07) is 29.5. The number of aromatic nitrogens is 1. The molecule has 0 saturated heterocycles. The van der Waals surface area contributed by atoms with Gasteiger partial charge in [-0.25, -0.2) is 4.39 Å². The van der Waals surface area contributed by atoms with Crippen molar-refractivity contribution in [3.63, 3.8) is 0 Å². The van der Waals surface area contributed by atoms with Gasteiger partial charge in [0.15, 0.2) is 5.78 Å². The van der Waals surface area contributed by atoms with Crippen LogP contribution in [-0.2, 0) is 22.4 Å². The molecule has 0 spiro atoms. The average molecular weight is 521 g/mol. The van der Waals surface area contributed by atoms with Crippen molar-refractivity contribution >= 4 is 28.3 Å². The molecular formula is C33H29FN2O3. The van der Waals surface area contributed by atoms with E-state index in [1.54, 1.807) is 48.4 Å². The number of carbonyl (C=O) groups is 2. The molecule has 1 N–H and O–H groups in total. The van der Waals surface area contributed by atoms with Gasteiger partial charge in [0, 0.05) is 29.2 Å². The predicted molar refractivity (Wildman–Crippen MR) is 151 cm³/mol. The Morgan fingerprint density at radius 3 is 2.28 bits per heavy atom. The molecule has 6 heteroatoms. The number of Topliss-reactive ketones (excluding diaryl/α,β-unsaturated/α-hetero) is 1. The number of para-hydroxylation sites is 1. The number of halogens is 1. The van der Waals surface area contributed by atoms with Gasteiger partial charge in [-0.15, -0.1) is 0 Å². The molecule has 0 aliphatic carbocycles. The quantitative estimate of drug-likeness (QED) is 0.219. The molecule has 0 aliphatic rings. The third kappa shape index (κ3) is 5.91. The molecular weight excluding hydrogens is 491 g/mol. The molecule has 0 radical (unpaired) electrons. The first-order valence-corrected chi connectivity index (χ1v) is 12.9. The number of anilines is 1. The molecule has 0 fully saturated rings. The Kier molecular flexibility index (Phi) is 7.83. The molecule has 0 aliphatic heterocycles. The van der Waals surface area contributed by atoms with Crippen LogP contribution >= 0.6 is 0 Å². The first-order chi connectivity index (χ1) is 19.0. The maximum Gasteiger partial charge on any atom is 0.232 e. The Morgan fingerprint density at radius 1 is 0.872 bits per heavy atom. The van der Waals surface area contributed by atoms with Gasteiger partial charge in [0.1, 0.15) is 17.6 Å². The number of benzene rings is 4. The number of hydrogen-bond acceptors (Lipinski definition) is 3. The minimum atomic E-state index is -0.930. The summed E-state index contributed by atoms with van der Waals surface area (Å²) in [6.45, 7) is 0. The Balaban J connectivity index is 1.55. The number of H-pyrrole nitrogens is 1. The van der Waals surface area contributed by atoms with Crippen molar-refractivity contribution in [2.45, 2.75) is 25.3 Å². The minimum Gasteiger partial charge on any atom is -0.497 e. The summed E-state index contributed by atoms with van der Waals surface area (Å²) in [5, 5.41) is 0.953. The lowest BCUT2D eigenvalue weighted by Gasteiger charge is -2.32. The molecule has 5 aromatic rings. The van der Waals surface area contributed by atoms with Gasteiger partial charge in [0.2, 0.25) is 5.91 Å². The maximum absolute atomic E-state index is 14.1. The van der Waals surface area contributed by atoms with Gasteiger partial charge in [0.25, 0.3) is 0 Å². The molecule has 39 heavy (non-hydrogen) atoms. The summed E-state index contributed by atoms with van der Waals surface area (Å²) in [7, 11) is 1.57. The lowest BCUT2D eigenvalue weighted by molar-refractivity contribution is -0.125. The van der Waals surface area contributed by atoms with E-state index in [0.29, 0.717) is 23.4 Å². The highest BCUT2D eigenvalue weighted by Crippen LogP contribution is 2.32. The average Bonchev–Trinajstić information content (AvgIpc) is 3.38. The SMILES string of the molecule is COc1ccc(N(C(=O)Cc2c[nH]c3ccccc23)C(C(=O)CCc2ccccc2)c2ccc(F)cc2)cc1. The van der Waals surface area contributed by atoms with Crippen molar-refractivity contribution in [3.8, 4) is 5.75 Å². The standard InChI is InChI=1S/C33H29FN2O3/c1-39-28-18-16-27(17-19-28)36(32(38)21-25-22-35-30-10-6-5-9-29(25)30)33(24-12-14-26(34)15-13-24)31(37)20-11-23-7-3-2-4-8-23/h2-10,12-19,22,33,35H,11,20-21H2,1H3. The fourth-order valence-electron chi connectivity index (χ4n) is 4.88. The van der Waals surface area contributed by atoms with E-state index in [2.05, 4.69) is 4.98 Å². The highest BCUT2D eigenvalue weighted by Gasteiger charge is 2.32. The van der Waals surface area contributed by atoms with Crippen molar-refractivity contribution < 1.29 is 18.7 Å². The van der Waals surface area contributed by atoms with E-state index in [1.807, 2.05) is 60.8 Å². The molecule has 0 saturated carbocycles. The summed E-state index contributed by atoms with van der Waals surface area (Å²) < 4.78 is 19.2. The summed E-state index contributed by atoms with van der Waals surface area (Å²) in [5.41, 5.74) is 3.92. The second-order valence-electron chi connectivity index (χ2n) is 9.40. The van der Waals surface area contributed by atoms with Gasteiger partial charge in [-0.2, -0.15) is 0 Å². The Morgan fingerprint density at radius 2 is 1.56 bits per heavy atom. The second-order valence-corrected chi connectivity index (χ2v) is 9.40. The van der Waals surface area contributed by atoms with E-state index in [4.69, 9.17) is 4.74 Å². The number of nitrogens with zero attached hydrogens (tertiary/aromatic N) is 1. The topological polar surface area (TPSA) is 62.4 Å². The van der Waals surface area contributed by atoms with Crippen LogP contribution in [-0.4, -0.2) is 23.8 Å². The predicted octanol–water partition coefficient (Wildman–Crippen LogP) is 6.83. The number of amides is 1. The smallest absolute Gasteiger partial charge is 0.232 e. The molecule has 4 aromatic carbocycles. The Labute approximate surface area is 226 Å². The van der Waals surface area contributed by atoms with Crippen molar-refractivity contribution in [2.24, 2.45) is 0 Å². The Bertz CT molecular complexity index is 1560. The van der Waals surface area contributed by atoms with Gasteiger partial charge in [-0.1, -0.05) is 60.7 Å². The highest BCUT2D eigenvalue weighted by atomic mass is 19.1. The number of aryl methyl sites for hydroxylation is 1. The molecule has 1 unspecified atom stereocenters. The van der Waals surface area contributed by atoms with Crippen LogP contribution in [0.15, 0.2) is 109 Å². The van der Waals surface area contributed by atoms with Crippen molar-refractivity contribution in [1.82, 2.24) is 4.98 Å². The third-order valence-electron chi connectivity index (χ3n) is 6.89. The van der Waals surface area contributed by atoms with Crippen molar-refractivity contribution in [3.05, 3.63) is 132 Å². The van der Waals surface area contributed by atoms with Crippen LogP contribution in [0, 0.1) is 5.82 Å². The van der Waals surface area contributed by atoms with Crippen LogP contribution in [0.4, 0.5) is 10.1 Å². The number of methoxy groups -OCH3 is 1. The summed E-state index contributed by atoms with van der Waals surface area (Å²) >= 11 is 0.